The van der Waals surface area contributed by atoms with Crippen LogP contribution in [0.5, 0.6) is 0 Å². The maximum Gasteiger partial charge on any atom is 0.323 e. The number of nitrogens with two attached hydrogens (primary N) is 4. The van der Waals surface area contributed by atoms with Gasteiger partial charge in [-0.3, -0.25) is 9.59 Å². The lowest BCUT2D eigenvalue weighted by atomic mass is 10.1. The van der Waals surface area contributed by atoms with Gasteiger partial charge in [-0.1, -0.05) is 156 Å². The Hall–Kier alpha value is -4.60. The van der Waals surface area contributed by atoms with Crippen LogP contribution < -0.4 is 22.9 Å². The normalized spacial score (nSPS) is 15.7. The highest BCUT2D eigenvalue weighted by atomic mass is 16.5. The van der Waals surface area contributed by atoms with E-state index in [4.69, 9.17) is 32.4 Å². The van der Waals surface area contributed by atoms with Crippen LogP contribution in [0.25, 0.3) is 0 Å². The highest BCUT2D eigenvalue weighted by Crippen LogP contribution is 2.11. The van der Waals surface area contributed by atoms with Crippen LogP contribution in [-0.2, 0) is 19.1 Å². The van der Waals surface area contributed by atoms with Crippen molar-refractivity contribution in [3.63, 3.8) is 0 Å². The predicted octanol–water partition coefficient (Wildman–Crippen LogP) is 10.9. The zero-order valence-corrected chi connectivity index (χ0v) is 38.4. The number of esters is 2. The summed E-state index contributed by atoms with van der Waals surface area (Å²) in [5.41, 5.74) is 32.1. The Balaban J connectivity index is 4.67. The quantitative estimate of drug-likeness (QED) is 0.0241. The van der Waals surface area contributed by atoms with E-state index in [2.05, 4.69) is 151 Å². The summed E-state index contributed by atoms with van der Waals surface area (Å²) in [6, 6.07) is -1.16. The van der Waals surface area contributed by atoms with E-state index >= 15 is 0 Å². The standard InChI is InChI=1S/C52H80N4O4/c1-41(23-15-25-43(3)27-17-29-45(5)31-19-33-47(7)39-59-51(57)49(55)35-11-13-37-53)21-9-10-22-42(2)24-16-26-44(4)28-18-30-46(6)32-20-34-48(8)40-60-52(58)50(56)36-12-14-38-54/h9-10,15-18,21-30,33-34,49-50H,11-14,19-20,31-32,35-40,53-56H2,1-8H3/b10-9+,23-15+,24-16+,27-17+,28-18+,41-21+,42-22+,43-25+,44-26+,45-29+,46-30+,47-33+,48-34+. The van der Waals surface area contributed by atoms with Crippen LogP contribution in [0.3, 0.4) is 0 Å². The van der Waals surface area contributed by atoms with Gasteiger partial charge in [0.1, 0.15) is 25.3 Å². The van der Waals surface area contributed by atoms with Crippen LogP contribution in [0.15, 0.2) is 154 Å². The lowest BCUT2D eigenvalue weighted by Crippen LogP contribution is -2.32. The first kappa shape index (κ1) is 55.4. The lowest BCUT2D eigenvalue weighted by Gasteiger charge is -2.11. The van der Waals surface area contributed by atoms with Crippen LogP contribution in [0, 0.1) is 0 Å². The van der Waals surface area contributed by atoms with Gasteiger partial charge < -0.3 is 32.4 Å². The third-order valence-electron chi connectivity index (χ3n) is 9.24. The van der Waals surface area contributed by atoms with E-state index in [0.29, 0.717) is 25.9 Å². The molecular formula is C52H80N4O4. The smallest absolute Gasteiger partial charge is 0.323 e. The maximum absolute atomic E-state index is 12.0. The molecule has 0 aliphatic rings. The molecule has 332 valence electrons. The summed E-state index contributed by atoms with van der Waals surface area (Å²) < 4.78 is 10.7. The molecule has 0 saturated carbocycles. The van der Waals surface area contributed by atoms with Crippen molar-refractivity contribution in [3.8, 4) is 0 Å². The number of ether oxygens (including phenoxy) is 2. The number of carbonyl (C=O) groups excluding carboxylic acids is 2. The van der Waals surface area contributed by atoms with Crippen LogP contribution in [0.1, 0.15) is 120 Å². The first-order valence-corrected chi connectivity index (χ1v) is 21.6. The van der Waals surface area contributed by atoms with Crippen molar-refractivity contribution < 1.29 is 19.1 Å². The summed E-state index contributed by atoms with van der Waals surface area (Å²) in [7, 11) is 0. The second-order valence-electron chi connectivity index (χ2n) is 15.7. The number of carbonyl (C=O) groups is 2. The second kappa shape index (κ2) is 36.3. The Morgan fingerprint density at radius 1 is 0.450 bits per heavy atom. The zero-order valence-electron chi connectivity index (χ0n) is 38.4. The summed E-state index contributed by atoms with van der Waals surface area (Å²) in [5.74, 6) is -0.695. The van der Waals surface area contributed by atoms with Gasteiger partial charge in [0.05, 0.1) is 0 Å². The number of allylic oxidation sites excluding steroid dienone is 24. The molecular weight excluding hydrogens is 745 g/mol. The number of unbranched alkanes of at least 4 members (excludes halogenated alkanes) is 2. The van der Waals surface area contributed by atoms with Crippen molar-refractivity contribution in [2.24, 2.45) is 22.9 Å². The SMILES string of the molecule is CC(/C=C/C=C(C)/C=C/C=C(\C)CC/C=C(\C)COC(=O)C(N)CCCCN)=C\C=C\C=C(C)\C=C\C=C(C)\C=C\C=C(/C)CC/C=C(\C)COC(=O)C(N)CCCCN. The third-order valence-corrected chi connectivity index (χ3v) is 9.24. The molecule has 0 heterocycles. The maximum atomic E-state index is 12.0. The molecule has 2 unspecified atom stereocenters. The van der Waals surface area contributed by atoms with Gasteiger partial charge in [-0.05, 0) is 131 Å². The van der Waals surface area contributed by atoms with Crippen LogP contribution >= 0.6 is 0 Å². The zero-order chi connectivity index (χ0) is 45.0. The fourth-order valence-electron chi connectivity index (χ4n) is 5.28. The van der Waals surface area contributed by atoms with Crippen LogP contribution in [0.2, 0.25) is 0 Å². The molecule has 0 radical (unpaired) electrons. The molecule has 0 rings (SSSR count). The highest BCUT2D eigenvalue weighted by molar-refractivity contribution is 5.76. The lowest BCUT2D eigenvalue weighted by molar-refractivity contribution is -0.145. The summed E-state index contributed by atoms with van der Waals surface area (Å²) >= 11 is 0. The van der Waals surface area contributed by atoms with E-state index in [1.165, 1.54) is 22.3 Å². The molecule has 0 spiro atoms. The molecule has 0 aromatic rings. The van der Waals surface area contributed by atoms with Crippen LogP contribution in [0.4, 0.5) is 0 Å². The van der Waals surface area contributed by atoms with Crippen molar-refractivity contribution in [1.29, 1.82) is 0 Å². The summed E-state index contributed by atoms with van der Waals surface area (Å²) in [4.78, 5) is 24.1. The third kappa shape index (κ3) is 33.3. The van der Waals surface area contributed by atoms with E-state index < -0.39 is 12.1 Å². The molecule has 0 bridgehead atoms. The highest BCUT2D eigenvalue weighted by Gasteiger charge is 2.15. The van der Waals surface area contributed by atoms with Gasteiger partial charge in [-0.25, -0.2) is 0 Å². The molecule has 0 aromatic heterocycles. The fourth-order valence-corrected chi connectivity index (χ4v) is 5.28. The van der Waals surface area contributed by atoms with Gasteiger partial charge in [0.25, 0.3) is 0 Å². The summed E-state index contributed by atoms with van der Waals surface area (Å²) in [6.45, 7) is 18.3. The Morgan fingerprint density at radius 3 is 1.10 bits per heavy atom. The molecule has 8 heteroatoms. The minimum atomic E-state index is -0.579. The second-order valence-corrected chi connectivity index (χ2v) is 15.7. The molecule has 0 aliphatic carbocycles. The van der Waals surface area contributed by atoms with E-state index in [1.54, 1.807) is 0 Å². The van der Waals surface area contributed by atoms with Crippen molar-refractivity contribution in [1.82, 2.24) is 0 Å². The predicted molar refractivity (Wildman–Crippen MR) is 258 cm³/mol. The first-order valence-electron chi connectivity index (χ1n) is 21.6. The largest absolute Gasteiger partial charge is 0.460 e. The van der Waals surface area contributed by atoms with Gasteiger partial charge in [0, 0.05) is 0 Å². The summed E-state index contributed by atoms with van der Waals surface area (Å²) in [6.07, 6.45) is 46.0. The van der Waals surface area contributed by atoms with Gasteiger partial charge in [-0.2, -0.15) is 0 Å². The average Bonchev–Trinajstić information content (AvgIpc) is 3.20. The van der Waals surface area contributed by atoms with E-state index in [1.807, 2.05) is 13.8 Å². The molecule has 0 aromatic carbocycles. The molecule has 0 fully saturated rings. The fraction of sp³-hybridized carbons (Fsp3) is 0.462. The van der Waals surface area contributed by atoms with Crippen molar-refractivity contribution in [3.05, 3.63) is 154 Å². The molecule has 0 saturated heterocycles. The van der Waals surface area contributed by atoms with Crippen molar-refractivity contribution in [2.45, 2.75) is 132 Å². The van der Waals surface area contributed by atoms with Gasteiger partial charge >= 0.3 is 11.9 Å². The van der Waals surface area contributed by atoms with Gasteiger partial charge in [0.15, 0.2) is 0 Å². The Morgan fingerprint density at radius 2 is 0.767 bits per heavy atom. The van der Waals surface area contributed by atoms with E-state index in [9.17, 15) is 9.59 Å². The Kier molecular flexibility index (Phi) is 33.5. The first-order chi connectivity index (χ1) is 28.7. The molecule has 60 heavy (non-hydrogen) atoms. The minimum absolute atomic E-state index is 0.278. The molecule has 2 atom stereocenters. The summed E-state index contributed by atoms with van der Waals surface area (Å²) in [5, 5.41) is 0. The van der Waals surface area contributed by atoms with Gasteiger partial charge in [-0.15, -0.1) is 0 Å². The average molecular weight is 825 g/mol. The van der Waals surface area contributed by atoms with Crippen LogP contribution in [-0.4, -0.2) is 50.3 Å². The molecule has 0 aliphatic heterocycles. The van der Waals surface area contributed by atoms with Gasteiger partial charge in [0.2, 0.25) is 0 Å². The Bertz CT molecular complexity index is 1550. The minimum Gasteiger partial charge on any atom is -0.460 e. The van der Waals surface area contributed by atoms with E-state index in [0.717, 1.165) is 73.7 Å². The van der Waals surface area contributed by atoms with E-state index in [-0.39, 0.29) is 25.2 Å². The number of hydrogen-bond acceptors (Lipinski definition) is 8. The number of hydrogen-bond donors (Lipinski definition) is 4. The molecule has 8 nitrogen and oxygen atoms in total. The Labute approximate surface area is 364 Å². The molecule has 8 N–H and O–H groups in total. The topological polar surface area (TPSA) is 157 Å². The monoisotopic (exact) mass is 825 g/mol. The van der Waals surface area contributed by atoms with Crippen molar-refractivity contribution >= 4 is 11.9 Å². The molecule has 0 amide bonds. The number of rotatable bonds is 30. The van der Waals surface area contributed by atoms with Crippen molar-refractivity contribution in [2.75, 3.05) is 26.3 Å².